The maximum absolute atomic E-state index is 12.2. The average Bonchev–Trinajstić information content (AvgIpc) is 3.07. The number of halogens is 1. The second-order valence-electron chi connectivity index (χ2n) is 6.81. The zero-order valence-corrected chi connectivity index (χ0v) is 18.3. The van der Waals surface area contributed by atoms with Crippen molar-refractivity contribution in [2.24, 2.45) is 0 Å². The van der Waals surface area contributed by atoms with Crippen molar-refractivity contribution >= 4 is 46.1 Å². The number of carbonyl (C=O) groups is 1. The van der Waals surface area contributed by atoms with Crippen molar-refractivity contribution in [2.75, 3.05) is 17.6 Å². The van der Waals surface area contributed by atoms with Gasteiger partial charge in [-0.25, -0.2) is 14.6 Å². The van der Waals surface area contributed by atoms with Crippen LogP contribution in [0.4, 0.5) is 5.82 Å². The molecule has 0 radical (unpaired) electrons. The van der Waals surface area contributed by atoms with E-state index in [2.05, 4.69) is 46.5 Å². The lowest BCUT2D eigenvalue weighted by Gasteiger charge is -2.12. The number of hydrogen-bond donors (Lipinski definition) is 2. The van der Waals surface area contributed by atoms with Crippen molar-refractivity contribution in [1.29, 1.82) is 0 Å². The van der Waals surface area contributed by atoms with Gasteiger partial charge >= 0.3 is 0 Å². The normalized spacial score (nSPS) is 11.2. The molecular formula is C20H25ClN6OS. The van der Waals surface area contributed by atoms with Gasteiger partial charge in [0.05, 0.1) is 24.5 Å². The highest BCUT2D eigenvalue weighted by molar-refractivity contribution is 7.99. The Bertz CT molecular complexity index is 990. The van der Waals surface area contributed by atoms with Gasteiger partial charge in [0.1, 0.15) is 5.82 Å². The first-order valence-corrected chi connectivity index (χ1v) is 11.0. The lowest BCUT2D eigenvalue weighted by atomic mass is 10.1. The number of nitrogens with one attached hydrogen (secondary N) is 2. The summed E-state index contributed by atoms with van der Waals surface area (Å²) in [5.74, 6) is 1.60. The summed E-state index contributed by atoms with van der Waals surface area (Å²) in [6.45, 7) is 7.18. The number of hydrogen-bond acceptors (Lipinski definition) is 6. The highest BCUT2D eigenvalue weighted by Gasteiger charge is 2.14. The Hall–Kier alpha value is -2.32. The fraction of sp³-hybridized carbons (Fsp3) is 0.400. The quantitative estimate of drug-likeness (QED) is 0.395. The molecule has 3 rings (SSSR count). The molecule has 0 saturated heterocycles. The van der Waals surface area contributed by atoms with Crippen LogP contribution >= 0.6 is 23.4 Å². The number of amides is 1. The zero-order valence-electron chi connectivity index (χ0n) is 16.8. The molecule has 1 aromatic carbocycles. The highest BCUT2D eigenvalue weighted by Crippen LogP contribution is 2.24. The van der Waals surface area contributed by atoms with Gasteiger partial charge in [-0.15, -0.1) is 0 Å². The number of carbonyl (C=O) groups excluding carboxylic acids is 1. The van der Waals surface area contributed by atoms with Gasteiger partial charge in [-0.1, -0.05) is 48.5 Å². The third-order valence-electron chi connectivity index (χ3n) is 4.13. The summed E-state index contributed by atoms with van der Waals surface area (Å²) in [6, 6.07) is 7.62. The number of benzene rings is 1. The minimum absolute atomic E-state index is 0.0754. The van der Waals surface area contributed by atoms with Crippen molar-refractivity contribution in [1.82, 2.24) is 25.1 Å². The van der Waals surface area contributed by atoms with Crippen LogP contribution in [-0.4, -0.2) is 44.0 Å². The van der Waals surface area contributed by atoms with Crippen LogP contribution in [0.1, 0.15) is 26.3 Å². The third kappa shape index (κ3) is 5.61. The largest absolute Gasteiger partial charge is 0.367 e. The monoisotopic (exact) mass is 432 g/mol. The Morgan fingerprint density at radius 1 is 1.28 bits per heavy atom. The summed E-state index contributed by atoms with van der Waals surface area (Å²) in [5.41, 5.74) is 1.58. The first-order chi connectivity index (χ1) is 14.0. The molecule has 0 unspecified atom stereocenters. The van der Waals surface area contributed by atoms with Gasteiger partial charge in [0.15, 0.2) is 10.8 Å². The second kappa shape index (κ2) is 9.93. The number of rotatable bonds is 9. The van der Waals surface area contributed by atoms with Crippen molar-refractivity contribution in [3.05, 3.63) is 41.0 Å². The number of anilines is 1. The van der Waals surface area contributed by atoms with Crippen LogP contribution in [0.5, 0.6) is 0 Å². The van der Waals surface area contributed by atoms with Crippen LogP contribution in [0.25, 0.3) is 11.0 Å². The molecular weight excluding hydrogens is 408 g/mol. The lowest BCUT2D eigenvalue weighted by Crippen LogP contribution is -2.29. The minimum atomic E-state index is -0.0754. The number of nitrogens with zero attached hydrogens (tertiary/aromatic N) is 4. The van der Waals surface area contributed by atoms with E-state index in [0.29, 0.717) is 23.3 Å². The molecule has 2 N–H and O–H groups in total. The van der Waals surface area contributed by atoms with Crippen LogP contribution in [0, 0.1) is 0 Å². The molecule has 1 amide bonds. The van der Waals surface area contributed by atoms with E-state index < -0.39 is 0 Å². The molecule has 0 aliphatic rings. The lowest BCUT2D eigenvalue weighted by molar-refractivity contribution is -0.120. The van der Waals surface area contributed by atoms with E-state index in [1.165, 1.54) is 0 Å². The van der Waals surface area contributed by atoms with Crippen LogP contribution in [0.3, 0.4) is 0 Å². The van der Waals surface area contributed by atoms with Crippen molar-refractivity contribution in [3.63, 3.8) is 0 Å². The summed E-state index contributed by atoms with van der Waals surface area (Å²) in [7, 11) is 0. The maximum atomic E-state index is 12.2. The predicted molar refractivity (Wildman–Crippen MR) is 119 cm³/mol. The van der Waals surface area contributed by atoms with Crippen LogP contribution in [0.2, 0.25) is 5.02 Å². The highest BCUT2D eigenvalue weighted by atomic mass is 35.5. The third-order valence-corrected chi connectivity index (χ3v) is 5.23. The summed E-state index contributed by atoms with van der Waals surface area (Å²) in [5, 5.41) is 12.9. The van der Waals surface area contributed by atoms with Gasteiger partial charge in [-0.05, 0) is 31.2 Å². The first kappa shape index (κ1) is 21.4. The maximum Gasteiger partial charge on any atom is 0.224 e. The Balaban J connectivity index is 1.69. The van der Waals surface area contributed by atoms with Gasteiger partial charge in [0.25, 0.3) is 0 Å². The summed E-state index contributed by atoms with van der Waals surface area (Å²) in [6.07, 6.45) is 2.02. The minimum Gasteiger partial charge on any atom is -0.367 e. The van der Waals surface area contributed by atoms with E-state index in [9.17, 15) is 4.79 Å². The van der Waals surface area contributed by atoms with Gasteiger partial charge in [-0.3, -0.25) is 4.79 Å². The molecule has 29 heavy (non-hydrogen) atoms. The van der Waals surface area contributed by atoms with E-state index in [1.54, 1.807) is 28.7 Å². The van der Waals surface area contributed by atoms with Crippen LogP contribution in [0.15, 0.2) is 35.6 Å². The summed E-state index contributed by atoms with van der Waals surface area (Å²) in [4.78, 5) is 21.5. The number of thioether (sulfide) groups is 1. The zero-order chi connectivity index (χ0) is 20.8. The second-order valence-corrected chi connectivity index (χ2v) is 8.45. The number of aromatic nitrogens is 4. The molecule has 0 spiro atoms. The Morgan fingerprint density at radius 3 is 2.79 bits per heavy atom. The van der Waals surface area contributed by atoms with Gasteiger partial charge in [0.2, 0.25) is 5.91 Å². The molecule has 154 valence electrons. The first-order valence-electron chi connectivity index (χ1n) is 9.61. The standard InChI is InChI=1S/C20H25ClN6OS/c1-4-29-20-25-18(24-13(2)3)15-12-23-27(19(15)26-20)10-9-22-17(28)11-14-7-5-6-8-16(14)21/h5-8,12-13H,4,9-11H2,1-3H3,(H,22,28)(H,24,25,26). The van der Waals surface area contributed by atoms with Crippen molar-refractivity contribution in [2.45, 2.75) is 44.9 Å². The SMILES string of the molecule is CCSc1nc(NC(C)C)c2cnn(CCNC(=O)Cc3ccccc3Cl)c2n1. The summed E-state index contributed by atoms with van der Waals surface area (Å²) >= 11 is 7.71. The Morgan fingerprint density at radius 2 is 2.07 bits per heavy atom. The molecule has 0 aliphatic heterocycles. The molecule has 0 fully saturated rings. The van der Waals surface area contributed by atoms with Crippen molar-refractivity contribution < 1.29 is 4.79 Å². The fourth-order valence-electron chi connectivity index (χ4n) is 2.85. The Kier molecular flexibility index (Phi) is 7.33. The van der Waals surface area contributed by atoms with Crippen molar-refractivity contribution in [3.8, 4) is 0 Å². The fourth-order valence-corrected chi connectivity index (χ4v) is 3.62. The molecule has 3 aromatic rings. The van der Waals surface area contributed by atoms with Crippen LogP contribution in [-0.2, 0) is 17.8 Å². The number of fused-ring (bicyclic) bond motifs is 1. The predicted octanol–water partition coefficient (Wildman–Crippen LogP) is 3.77. The smallest absolute Gasteiger partial charge is 0.224 e. The van der Waals surface area contributed by atoms with E-state index in [0.717, 1.165) is 28.2 Å². The van der Waals surface area contributed by atoms with Gasteiger partial charge in [0, 0.05) is 17.6 Å². The average molecular weight is 433 g/mol. The molecule has 2 heterocycles. The van der Waals surface area contributed by atoms with E-state index >= 15 is 0 Å². The van der Waals surface area contributed by atoms with E-state index in [4.69, 9.17) is 11.6 Å². The van der Waals surface area contributed by atoms with E-state index in [1.807, 2.05) is 18.2 Å². The molecule has 0 bridgehead atoms. The van der Waals surface area contributed by atoms with E-state index in [-0.39, 0.29) is 18.4 Å². The van der Waals surface area contributed by atoms with Gasteiger partial charge in [-0.2, -0.15) is 5.10 Å². The molecule has 0 saturated carbocycles. The summed E-state index contributed by atoms with van der Waals surface area (Å²) < 4.78 is 1.80. The van der Waals surface area contributed by atoms with Crippen LogP contribution < -0.4 is 10.6 Å². The molecule has 9 heteroatoms. The molecule has 0 aliphatic carbocycles. The molecule has 0 atom stereocenters. The topological polar surface area (TPSA) is 84.7 Å². The molecule has 2 aromatic heterocycles. The molecule has 7 nitrogen and oxygen atoms in total. The van der Waals surface area contributed by atoms with Gasteiger partial charge < -0.3 is 10.6 Å². The Labute approximate surface area is 179 Å².